The number of rotatable bonds is 2. The number of piperazine rings is 1. The number of aromatic nitrogens is 3. The Hall–Kier alpha value is -2.37. The number of aromatic amines is 1. The molecule has 1 aliphatic heterocycles. The molecule has 0 atom stereocenters. The number of hydrogen-bond donors (Lipinski definition) is 1. The summed E-state index contributed by atoms with van der Waals surface area (Å²) < 4.78 is 0. The highest BCUT2D eigenvalue weighted by Gasteiger charge is 2.18. The van der Waals surface area contributed by atoms with E-state index in [2.05, 4.69) is 24.8 Å². The van der Waals surface area contributed by atoms with Crippen LogP contribution in [0, 0.1) is 6.92 Å². The van der Waals surface area contributed by atoms with Crippen LogP contribution < -0.4 is 15.4 Å². The molecule has 0 unspecified atom stereocenters. The molecule has 3 rings (SSSR count). The molecule has 6 nitrogen and oxygen atoms in total. The molecule has 0 amide bonds. The van der Waals surface area contributed by atoms with Crippen LogP contribution in [0.5, 0.6) is 0 Å². The molecule has 0 spiro atoms. The summed E-state index contributed by atoms with van der Waals surface area (Å²) in [5.41, 5.74) is -0.0589. The molecule has 0 radical (unpaired) electrons. The number of aryl methyl sites for hydroxylation is 1. The predicted molar refractivity (Wildman–Crippen MR) is 78.3 cm³/mol. The molecule has 104 valence electrons. The van der Waals surface area contributed by atoms with Crippen molar-refractivity contribution >= 4 is 11.6 Å². The van der Waals surface area contributed by atoms with Crippen LogP contribution in [0.4, 0.5) is 11.6 Å². The van der Waals surface area contributed by atoms with Crippen molar-refractivity contribution < 1.29 is 0 Å². The zero-order valence-corrected chi connectivity index (χ0v) is 11.4. The van der Waals surface area contributed by atoms with E-state index in [9.17, 15) is 4.79 Å². The van der Waals surface area contributed by atoms with E-state index in [0.717, 1.165) is 43.6 Å². The summed E-state index contributed by atoms with van der Waals surface area (Å²) in [5.74, 6) is 2.65. The fourth-order valence-electron chi connectivity index (χ4n) is 2.42. The van der Waals surface area contributed by atoms with Gasteiger partial charge in [0.15, 0.2) is 0 Å². The molecule has 2 aromatic rings. The third-order valence-corrected chi connectivity index (χ3v) is 3.46. The molecule has 6 heteroatoms. The number of nitrogens with zero attached hydrogens (tertiary/aromatic N) is 4. The lowest BCUT2D eigenvalue weighted by molar-refractivity contribution is 0.639. The zero-order chi connectivity index (χ0) is 13.9. The largest absolute Gasteiger partial charge is 0.355 e. The third-order valence-electron chi connectivity index (χ3n) is 3.46. The minimum absolute atomic E-state index is 0.0589. The Labute approximate surface area is 117 Å². The summed E-state index contributed by atoms with van der Waals surface area (Å²) in [7, 11) is 0. The molecule has 1 saturated heterocycles. The number of nitrogens with one attached hydrogen (secondary N) is 1. The normalized spacial score (nSPS) is 15.4. The molecule has 2 aromatic heterocycles. The highest BCUT2D eigenvalue weighted by molar-refractivity contribution is 5.44. The molecule has 0 aliphatic carbocycles. The monoisotopic (exact) mass is 271 g/mol. The van der Waals surface area contributed by atoms with Crippen molar-refractivity contribution in [3.63, 3.8) is 0 Å². The van der Waals surface area contributed by atoms with Gasteiger partial charge in [-0.2, -0.15) is 0 Å². The van der Waals surface area contributed by atoms with Crippen LogP contribution in [-0.2, 0) is 0 Å². The predicted octanol–water partition coefficient (Wildman–Crippen LogP) is 0.800. The minimum Gasteiger partial charge on any atom is -0.355 e. The van der Waals surface area contributed by atoms with Crippen LogP contribution in [-0.4, -0.2) is 41.1 Å². The number of H-pyrrole nitrogens is 1. The topological polar surface area (TPSA) is 65.1 Å². The molecule has 0 aromatic carbocycles. The van der Waals surface area contributed by atoms with Gasteiger partial charge >= 0.3 is 0 Å². The molecular formula is C14H17N5O. The van der Waals surface area contributed by atoms with Gasteiger partial charge in [-0.3, -0.25) is 4.79 Å². The molecule has 0 saturated carbocycles. The SMILES string of the molecule is Cc1nccc(N2CCN(c3cccc(=O)[nH]3)CC2)n1. The molecule has 0 bridgehead atoms. The quantitative estimate of drug-likeness (QED) is 0.875. The second-order valence-electron chi connectivity index (χ2n) is 4.84. The van der Waals surface area contributed by atoms with E-state index in [0.29, 0.717) is 0 Å². The third kappa shape index (κ3) is 2.64. The average molecular weight is 271 g/mol. The summed E-state index contributed by atoms with van der Waals surface area (Å²) in [6.07, 6.45) is 1.79. The molecule has 1 fully saturated rings. The Balaban J connectivity index is 1.69. The lowest BCUT2D eigenvalue weighted by atomic mass is 10.3. The number of anilines is 2. The fourth-order valence-corrected chi connectivity index (χ4v) is 2.42. The maximum absolute atomic E-state index is 11.3. The summed E-state index contributed by atoms with van der Waals surface area (Å²) in [6.45, 7) is 5.39. The van der Waals surface area contributed by atoms with Crippen LogP contribution in [0.2, 0.25) is 0 Å². The van der Waals surface area contributed by atoms with Crippen molar-refractivity contribution in [3.05, 3.63) is 46.6 Å². The van der Waals surface area contributed by atoms with Gasteiger partial charge in [-0.05, 0) is 19.1 Å². The molecule has 20 heavy (non-hydrogen) atoms. The summed E-state index contributed by atoms with van der Waals surface area (Å²) in [5, 5.41) is 0. The van der Waals surface area contributed by atoms with Gasteiger partial charge in [0.05, 0.1) is 0 Å². The van der Waals surface area contributed by atoms with E-state index in [1.807, 2.05) is 19.1 Å². The standard InChI is InChI=1S/C14H17N5O/c1-11-15-6-5-13(16-11)19-9-7-18(8-10-19)12-3-2-4-14(20)17-12/h2-6H,7-10H2,1H3,(H,17,20). The fraction of sp³-hybridized carbons (Fsp3) is 0.357. The van der Waals surface area contributed by atoms with Crippen LogP contribution in [0.25, 0.3) is 0 Å². The Morgan fingerprint density at radius 3 is 2.55 bits per heavy atom. The maximum atomic E-state index is 11.3. The Bertz CT molecular complexity index is 646. The van der Waals surface area contributed by atoms with Gasteiger partial charge in [0, 0.05) is 38.4 Å². The highest BCUT2D eigenvalue weighted by Crippen LogP contribution is 2.16. The minimum atomic E-state index is -0.0589. The van der Waals surface area contributed by atoms with Crippen LogP contribution in [0.15, 0.2) is 35.3 Å². The van der Waals surface area contributed by atoms with Crippen LogP contribution in [0.1, 0.15) is 5.82 Å². The van der Waals surface area contributed by atoms with E-state index in [-0.39, 0.29) is 5.56 Å². The number of hydrogen-bond acceptors (Lipinski definition) is 5. The van der Waals surface area contributed by atoms with Crippen molar-refractivity contribution in [2.75, 3.05) is 36.0 Å². The maximum Gasteiger partial charge on any atom is 0.249 e. The van der Waals surface area contributed by atoms with Gasteiger partial charge in [-0.1, -0.05) is 6.07 Å². The van der Waals surface area contributed by atoms with Crippen LogP contribution >= 0.6 is 0 Å². The van der Waals surface area contributed by atoms with Crippen LogP contribution in [0.3, 0.4) is 0 Å². The summed E-state index contributed by atoms with van der Waals surface area (Å²) in [6, 6.07) is 7.19. The van der Waals surface area contributed by atoms with Crippen molar-refractivity contribution in [1.82, 2.24) is 15.0 Å². The van der Waals surface area contributed by atoms with Crippen molar-refractivity contribution in [2.24, 2.45) is 0 Å². The smallest absolute Gasteiger partial charge is 0.249 e. The second kappa shape index (κ2) is 5.32. The lowest BCUT2D eigenvalue weighted by Gasteiger charge is -2.36. The van der Waals surface area contributed by atoms with Crippen molar-refractivity contribution in [1.29, 1.82) is 0 Å². The Kier molecular flexibility index (Phi) is 3.37. The van der Waals surface area contributed by atoms with Crippen molar-refractivity contribution in [3.8, 4) is 0 Å². The second-order valence-corrected chi connectivity index (χ2v) is 4.84. The van der Waals surface area contributed by atoms with E-state index < -0.39 is 0 Å². The highest BCUT2D eigenvalue weighted by atomic mass is 16.1. The molecule has 1 aliphatic rings. The summed E-state index contributed by atoms with van der Waals surface area (Å²) in [4.78, 5) is 27.2. The van der Waals surface area contributed by atoms with Gasteiger partial charge in [-0.15, -0.1) is 0 Å². The molecule has 1 N–H and O–H groups in total. The lowest BCUT2D eigenvalue weighted by Crippen LogP contribution is -2.47. The first-order valence-corrected chi connectivity index (χ1v) is 6.71. The van der Waals surface area contributed by atoms with Gasteiger partial charge in [0.2, 0.25) is 5.56 Å². The first-order valence-electron chi connectivity index (χ1n) is 6.71. The van der Waals surface area contributed by atoms with Gasteiger partial charge in [-0.25, -0.2) is 9.97 Å². The van der Waals surface area contributed by atoms with E-state index in [1.54, 1.807) is 12.3 Å². The van der Waals surface area contributed by atoms with Gasteiger partial charge in [0.1, 0.15) is 17.5 Å². The van der Waals surface area contributed by atoms with E-state index >= 15 is 0 Å². The first-order chi connectivity index (χ1) is 9.72. The number of pyridine rings is 1. The summed E-state index contributed by atoms with van der Waals surface area (Å²) >= 11 is 0. The average Bonchev–Trinajstić information content (AvgIpc) is 2.47. The zero-order valence-electron chi connectivity index (χ0n) is 11.4. The molecule has 3 heterocycles. The van der Waals surface area contributed by atoms with E-state index in [4.69, 9.17) is 0 Å². The Morgan fingerprint density at radius 2 is 1.85 bits per heavy atom. The van der Waals surface area contributed by atoms with Gasteiger partial charge in [0.25, 0.3) is 0 Å². The van der Waals surface area contributed by atoms with Gasteiger partial charge < -0.3 is 14.8 Å². The first kappa shape index (κ1) is 12.7. The molecular weight excluding hydrogens is 254 g/mol. The van der Waals surface area contributed by atoms with Crippen molar-refractivity contribution in [2.45, 2.75) is 6.92 Å². The Morgan fingerprint density at radius 1 is 1.10 bits per heavy atom. The van der Waals surface area contributed by atoms with E-state index in [1.165, 1.54) is 6.07 Å².